The van der Waals surface area contributed by atoms with Crippen LogP contribution in [0.4, 0.5) is 10.1 Å². The third kappa shape index (κ3) is 2.67. The lowest BCUT2D eigenvalue weighted by Crippen LogP contribution is -2.37. The Balaban J connectivity index is 2.72. The van der Waals surface area contributed by atoms with Crippen molar-refractivity contribution in [1.29, 1.82) is 0 Å². The van der Waals surface area contributed by atoms with Crippen LogP contribution < -0.4 is 11.1 Å². The summed E-state index contributed by atoms with van der Waals surface area (Å²) in [5.74, 6) is -0.341. The lowest BCUT2D eigenvalue weighted by Gasteiger charge is -2.21. The van der Waals surface area contributed by atoms with Crippen molar-refractivity contribution in [2.75, 3.05) is 5.32 Å². The molecule has 1 rings (SSSR count). The van der Waals surface area contributed by atoms with Crippen molar-refractivity contribution < 1.29 is 4.39 Å². The summed E-state index contributed by atoms with van der Waals surface area (Å²) in [7, 11) is 0. The topological polar surface area (TPSA) is 50.9 Å². The normalized spacial score (nSPS) is 14.9. The van der Waals surface area contributed by atoms with Crippen molar-refractivity contribution in [2.45, 2.75) is 32.4 Å². The zero-order chi connectivity index (χ0) is 10.6. The molecule has 2 unspecified atom stereocenters. The molecule has 78 valence electrons. The van der Waals surface area contributed by atoms with Crippen LogP contribution in [0.1, 0.15) is 20.3 Å². The van der Waals surface area contributed by atoms with E-state index in [9.17, 15) is 4.39 Å². The molecule has 3 N–H and O–H groups in total. The number of nitrogens with one attached hydrogen (secondary N) is 1. The second-order valence-electron chi connectivity index (χ2n) is 3.37. The Kier molecular flexibility index (Phi) is 3.83. The van der Waals surface area contributed by atoms with Crippen LogP contribution in [-0.2, 0) is 0 Å². The van der Waals surface area contributed by atoms with Gasteiger partial charge >= 0.3 is 0 Å². The molecule has 0 radical (unpaired) electrons. The van der Waals surface area contributed by atoms with E-state index in [0.29, 0.717) is 5.69 Å². The average molecular weight is 197 g/mol. The van der Waals surface area contributed by atoms with Crippen LogP contribution in [0.3, 0.4) is 0 Å². The highest BCUT2D eigenvalue weighted by Crippen LogP contribution is 2.14. The van der Waals surface area contributed by atoms with Gasteiger partial charge in [-0.3, -0.25) is 4.98 Å². The number of halogens is 1. The van der Waals surface area contributed by atoms with Crippen LogP contribution in [-0.4, -0.2) is 17.1 Å². The van der Waals surface area contributed by atoms with Crippen LogP contribution in [0.2, 0.25) is 0 Å². The van der Waals surface area contributed by atoms with Crippen molar-refractivity contribution in [3.8, 4) is 0 Å². The molecule has 1 aromatic rings. The summed E-state index contributed by atoms with van der Waals surface area (Å²) in [5.41, 5.74) is 6.21. The fraction of sp³-hybridized carbons (Fsp3) is 0.500. The molecule has 0 aromatic carbocycles. The van der Waals surface area contributed by atoms with Crippen LogP contribution in [0.25, 0.3) is 0 Å². The molecule has 1 heterocycles. The SMILES string of the molecule is CCC(Nc1ccncc1F)C(C)N. The van der Waals surface area contributed by atoms with Crippen LogP contribution in [0, 0.1) is 5.82 Å². The minimum Gasteiger partial charge on any atom is -0.378 e. The van der Waals surface area contributed by atoms with Crippen LogP contribution in [0.15, 0.2) is 18.5 Å². The molecular formula is C10H16FN3. The molecule has 0 bridgehead atoms. The van der Waals surface area contributed by atoms with Gasteiger partial charge in [0.1, 0.15) is 0 Å². The summed E-state index contributed by atoms with van der Waals surface area (Å²) < 4.78 is 13.2. The molecule has 0 saturated carbocycles. The molecule has 0 aliphatic carbocycles. The smallest absolute Gasteiger partial charge is 0.164 e. The lowest BCUT2D eigenvalue weighted by molar-refractivity contribution is 0.567. The molecule has 0 spiro atoms. The van der Waals surface area contributed by atoms with Crippen molar-refractivity contribution in [1.82, 2.24) is 4.98 Å². The molecule has 0 fully saturated rings. The number of hydrogen-bond acceptors (Lipinski definition) is 3. The number of rotatable bonds is 4. The monoisotopic (exact) mass is 197 g/mol. The van der Waals surface area contributed by atoms with E-state index in [1.807, 2.05) is 13.8 Å². The second kappa shape index (κ2) is 4.91. The Morgan fingerprint density at radius 2 is 2.36 bits per heavy atom. The fourth-order valence-electron chi connectivity index (χ4n) is 1.30. The fourth-order valence-corrected chi connectivity index (χ4v) is 1.30. The van der Waals surface area contributed by atoms with E-state index in [1.54, 1.807) is 12.3 Å². The number of aromatic nitrogens is 1. The molecular weight excluding hydrogens is 181 g/mol. The zero-order valence-electron chi connectivity index (χ0n) is 8.50. The first-order valence-corrected chi connectivity index (χ1v) is 4.76. The maximum absolute atomic E-state index is 13.2. The third-order valence-electron chi connectivity index (χ3n) is 2.19. The molecule has 14 heavy (non-hydrogen) atoms. The van der Waals surface area contributed by atoms with Gasteiger partial charge in [0.15, 0.2) is 5.82 Å². The maximum Gasteiger partial charge on any atom is 0.164 e. The van der Waals surface area contributed by atoms with Gasteiger partial charge in [0.2, 0.25) is 0 Å². The quantitative estimate of drug-likeness (QED) is 0.773. The van der Waals surface area contributed by atoms with Gasteiger partial charge in [0, 0.05) is 18.3 Å². The third-order valence-corrected chi connectivity index (χ3v) is 2.19. The molecule has 2 atom stereocenters. The lowest BCUT2D eigenvalue weighted by atomic mass is 10.1. The van der Waals surface area contributed by atoms with E-state index >= 15 is 0 Å². The summed E-state index contributed by atoms with van der Waals surface area (Å²) in [6.07, 6.45) is 3.61. The van der Waals surface area contributed by atoms with Gasteiger partial charge in [-0.15, -0.1) is 0 Å². The van der Waals surface area contributed by atoms with E-state index in [2.05, 4.69) is 10.3 Å². The molecule has 0 aliphatic heterocycles. The van der Waals surface area contributed by atoms with Crippen molar-refractivity contribution in [3.05, 3.63) is 24.3 Å². The Labute approximate surface area is 83.5 Å². The van der Waals surface area contributed by atoms with Gasteiger partial charge in [-0.05, 0) is 19.4 Å². The summed E-state index contributed by atoms with van der Waals surface area (Å²) in [6.45, 7) is 3.92. The van der Waals surface area contributed by atoms with E-state index in [1.165, 1.54) is 6.20 Å². The number of hydrogen-bond donors (Lipinski definition) is 2. The van der Waals surface area contributed by atoms with Gasteiger partial charge in [0.05, 0.1) is 11.9 Å². The number of nitrogens with two attached hydrogens (primary N) is 1. The molecule has 0 amide bonds. The first-order valence-electron chi connectivity index (χ1n) is 4.76. The van der Waals surface area contributed by atoms with E-state index in [0.717, 1.165) is 6.42 Å². The standard InChI is InChI=1S/C10H16FN3/c1-3-9(7(2)12)14-10-4-5-13-6-8(10)11/h4-7,9H,3,12H2,1-2H3,(H,13,14). The van der Waals surface area contributed by atoms with Crippen molar-refractivity contribution in [3.63, 3.8) is 0 Å². The van der Waals surface area contributed by atoms with E-state index < -0.39 is 0 Å². The molecule has 4 heteroatoms. The van der Waals surface area contributed by atoms with Gasteiger partial charge in [-0.2, -0.15) is 0 Å². The number of pyridine rings is 1. The van der Waals surface area contributed by atoms with E-state index in [-0.39, 0.29) is 17.9 Å². The minimum atomic E-state index is -0.341. The Morgan fingerprint density at radius 1 is 1.64 bits per heavy atom. The van der Waals surface area contributed by atoms with Crippen LogP contribution >= 0.6 is 0 Å². The Morgan fingerprint density at radius 3 is 2.86 bits per heavy atom. The van der Waals surface area contributed by atoms with Crippen LogP contribution in [0.5, 0.6) is 0 Å². The minimum absolute atomic E-state index is 0.00688. The predicted molar refractivity (Wildman–Crippen MR) is 55.5 cm³/mol. The highest BCUT2D eigenvalue weighted by atomic mass is 19.1. The molecule has 0 saturated heterocycles. The highest BCUT2D eigenvalue weighted by Gasteiger charge is 2.12. The number of nitrogens with zero attached hydrogens (tertiary/aromatic N) is 1. The maximum atomic E-state index is 13.2. The molecule has 0 aliphatic rings. The van der Waals surface area contributed by atoms with Gasteiger partial charge < -0.3 is 11.1 Å². The van der Waals surface area contributed by atoms with Crippen molar-refractivity contribution >= 4 is 5.69 Å². The summed E-state index contributed by atoms with van der Waals surface area (Å²) in [6, 6.07) is 1.69. The molecule has 3 nitrogen and oxygen atoms in total. The summed E-state index contributed by atoms with van der Waals surface area (Å²) in [4.78, 5) is 3.68. The van der Waals surface area contributed by atoms with Gasteiger partial charge in [0.25, 0.3) is 0 Å². The second-order valence-corrected chi connectivity index (χ2v) is 3.37. The van der Waals surface area contributed by atoms with Gasteiger partial charge in [-0.25, -0.2) is 4.39 Å². The highest BCUT2D eigenvalue weighted by molar-refractivity contribution is 5.43. The first kappa shape index (κ1) is 10.9. The van der Waals surface area contributed by atoms with Gasteiger partial charge in [-0.1, -0.05) is 6.92 Å². The molecule has 1 aromatic heterocycles. The van der Waals surface area contributed by atoms with Crippen molar-refractivity contribution in [2.24, 2.45) is 5.73 Å². The predicted octanol–water partition coefficient (Wildman–Crippen LogP) is 1.76. The van der Waals surface area contributed by atoms with E-state index in [4.69, 9.17) is 5.73 Å². The summed E-state index contributed by atoms with van der Waals surface area (Å²) in [5, 5.41) is 3.06. The largest absolute Gasteiger partial charge is 0.378 e. The Hall–Kier alpha value is -1.16. The Bertz CT molecular complexity index is 288. The average Bonchev–Trinajstić information content (AvgIpc) is 2.16. The first-order chi connectivity index (χ1) is 6.65. The summed E-state index contributed by atoms with van der Waals surface area (Å²) >= 11 is 0. The zero-order valence-corrected chi connectivity index (χ0v) is 8.50. The number of anilines is 1.